The molecule has 2 saturated carbocycles. The zero-order chi connectivity index (χ0) is 12.1. The molecule has 0 N–H and O–H groups in total. The van der Waals surface area contributed by atoms with Crippen LogP contribution in [-0.4, -0.2) is 23.1 Å². The Morgan fingerprint density at radius 2 is 1.78 bits per heavy atom. The van der Waals surface area contributed by atoms with Crippen molar-refractivity contribution < 1.29 is 0 Å². The summed E-state index contributed by atoms with van der Waals surface area (Å²) in [4.78, 5) is 11.8. The highest BCUT2D eigenvalue weighted by Crippen LogP contribution is 2.41. The highest BCUT2D eigenvalue weighted by Gasteiger charge is 2.37. The molecule has 4 heteroatoms. The SMILES string of the molecule is Brc1cc(N2CC3CCCC3C2)nc(C2CC2)n1. The van der Waals surface area contributed by atoms with Gasteiger partial charge in [0, 0.05) is 25.1 Å². The first kappa shape index (κ1) is 11.2. The van der Waals surface area contributed by atoms with Gasteiger partial charge in [-0.05, 0) is 53.4 Å². The lowest BCUT2D eigenvalue weighted by Gasteiger charge is -2.19. The minimum atomic E-state index is 0.628. The molecule has 3 nitrogen and oxygen atoms in total. The van der Waals surface area contributed by atoms with Crippen molar-refractivity contribution in [2.45, 2.75) is 38.0 Å². The summed E-state index contributed by atoms with van der Waals surface area (Å²) < 4.78 is 0.950. The smallest absolute Gasteiger partial charge is 0.135 e. The second-order valence-corrected chi connectivity index (χ2v) is 6.85. The number of hydrogen-bond donors (Lipinski definition) is 0. The molecule has 0 bridgehead atoms. The molecule has 1 aromatic heterocycles. The lowest BCUT2D eigenvalue weighted by atomic mass is 10.0. The van der Waals surface area contributed by atoms with Crippen molar-refractivity contribution >= 4 is 21.7 Å². The molecule has 18 heavy (non-hydrogen) atoms. The summed E-state index contributed by atoms with van der Waals surface area (Å²) >= 11 is 3.54. The van der Waals surface area contributed by atoms with Gasteiger partial charge in [0.25, 0.3) is 0 Å². The number of hydrogen-bond acceptors (Lipinski definition) is 3. The summed E-state index contributed by atoms with van der Waals surface area (Å²) in [6.07, 6.45) is 6.80. The number of anilines is 1. The molecule has 2 unspecified atom stereocenters. The lowest BCUT2D eigenvalue weighted by Crippen LogP contribution is -2.22. The van der Waals surface area contributed by atoms with Crippen LogP contribution in [0.2, 0.25) is 0 Å². The first-order chi connectivity index (χ1) is 8.79. The van der Waals surface area contributed by atoms with Gasteiger partial charge in [0.05, 0.1) is 0 Å². The lowest BCUT2D eigenvalue weighted by molar-refractivity contribution is 0.494. The molecule has 0 spiro atoms. The first-order valence-corrected chi connectivity index (χ1v) is 7.88. The largest absolute Gasteiger partial charge is 0.356 e. The number of fused-ring (bicyclic) bond motifs is 1. The van der Waals surface area contributed by atoms with E-state index in [0.717, 1.165) is 28.1 Å². The quantitative estimate of drug-likeness (QED) is 0.785. The molecule has 4 rings (SSSR count). The Hall–Kier alpha value is -0.640. The molecule has 0 aromatic carbocycles. The van der Waals surface area contributed by atoms with Crippen molar-refractivity contribution in [2.75, 3.05) is 18.0 Å². The second-order valence-electron chi connectivity index (χ2n) is 6.04. The predicted molar refractivity (Wildman–Crippen MR) is 74.8 cm³/mol. The summed E-state index contributed by atoms with van der Waals surface area (Å²) in [5.74, 6) is 4.67. The van der Waals surface area contributed by atoms with Gasteiger partial charge in [0.2, 0.25) is 0 Å². The molecule has 1 saturated heterocycles. The van der Waals surface area contributed by atoms with E-state index in [9.17, 15) is 0 Å². The molecule has 3 aliphatic rings. The van der Waals surface area contributed by atoms with Crippen LogP contribution in [-0.2, 0) is 0 Å². The van der Waals surface area contributed by atoms with Gasteiger partial charge >= 0.3 is 0 Å². The van der Waals surface area contributed by atoms with E-state index in [1.165, 1.54) is 45.2 Å². The fourth-order valence-corrected chi connectivity index (χ4v) is 3.92. The Morgan fingerprint density at radius 1 is 1.06 bits per heavy atom. The van der Waals surface area contributed by atoms with E-state index in [-0.39, 0.29) is 0 Å². The van der Waals surface area contributed by atoms with Crippen LogP contribution in [0.4, 0.5) is 5.82 Å². The van der Waals surface area contributed by atoms with Crippen LogP contribution >= 0.6 is 15.9 Å². The minimum absolute atomic E-state index is 0.628. The molecule has 1 aliphatic heterocycles. The third-order valence-corrected chi connectivity index (χ3v) is 5.10. The Morgan fingerprint density at radius 3 is 2.44 bits per heavy atom. The Balaban J connectivity index is 1.60. The van der Waals surface area contributed by atoms with Gasteiger partial charge in [-0.2, -0.15) is 0 Å². The molecular formula is C14H18BrN3. The molecule has 0 radical (unpaired) electrons. The molecule has 2 atom stereocenters. The third kappa shape index (κ3) is 1.94. The van der Waals surface area contributed by atoms with Crippen molar-refractivity contribution in [1.29, 1.82) is 0 Å². The predicted octanol–water partition coefficient (Wildman–Crippen LogP) is 3.35. The summed E-state index contributed by atoms with van der Waals surface area (Å²) in [6, 6.07) is 2.09. The number of nitrogens with zero attached hydrogens (tertiary/aromatic N) is 3. The van der Waals surface area contributed by atoms with E-state index < -0.39 is 0 Å². The van der Waals surface area contributed by atoms with Gasteiger partial charge in [0.15, 0.2) is 0 Å². The highest BCUT2D eigenvalue weighted by molar-refractivity contribution is 9.10. The van der Waals surface area contributed by atoms with Crippen molar-refractivity contribution in [2.24, 2.45) is 11.8 Å². The summed E-state index contributed by atoms with van der Waals surface area (Å²) in [5, 5.41) is 0. The van der Waals surface area contributed by atoms with E-state index in [1.54, 1.807) is 0 Å². The zero-order valence-electron chi connectivity index (χ0n) is 10.5. The number of aromatic nitrogens is 2. The second kappa shape index (κ2) is 4.19. The number of halogens is 1. The van der Waals surface area contributed by atoms with Crippen LogP contribution in [0, 0.1) is 11.8 Å². The van der Waals surface area contributed by atoms with Gasteiger partial charge in [-0.15, -0.1) is 0 Å². The van der Waals surface area contributed by atoms with Crippen LogP contribution in [0.5, 0.6) is 0 Å². The van der Waals surface area contributed by atoms with Gasteiger partial charge in [-0.3, -0.25) is 0 Å². The Labute approximate surface area is 116 Å². The van der Waals surface area contributed by atoms with E-state index >= 15 is 0 Å². The Kier molecular flexibility index (Phi) is 2.61. The van der Waals surface area contributed by atoms with E-state index in [1.807, 2.05) is 0 Å². The van der Waals surface area contributed by atoms with E-state index in [2.05, 4.69) is 31.9 Å². The fraction of sp³-hybridized carbons (Fsp3) is 0.714. The van der Waals surface area contributed by atoms with Gasteiger partial charge in [0.1, 0.15) is 16.2 Å². The highest BCUT2D eigenvalue weighted by atomic mass is 79.9. The molecule has 2 heterocycles. The summed E-state index contributed by atoms with van der Waals surface area (Å²) in [6.45, 7) is 2.41. The molecule has 0 amide bonds. The molecule has 3 fully saturated rings. The third-order valence-electron chi connectivity index (χ3n) is 4.69. The topological polar surface area (TPSA) is 29.0 Å². The van der Waals surface area contributed by atoms with Gasteiger partial charge < -0.3 is 4.90 Å². The van der Waals surface area contributed by atoms with Crippen LogP contribution in [0.1, 0.15) is 43.8 Å². The molecule has 1 aromatic rings. The molecule has 96 valence electrons. The van der Waals surface area contributed by atoms with E-state index in [0.29, 0.717) is 5.92 Å². The zero-order valence-corrected chi connectivity index (χ0v) is 12.1. The van der Waals surface area contributed by atoms with Gasteiger partial charge in [-0.25, -0.2) is 9.97 Å². The summed E-state index contributed by atoms with van der Waals surface area (Å²) in [5.41, 5.74) is 0. The van der Waals surface area contributed by atoms with Crippen molar-refractivity contribution in [1.82, 2.24) is 9.97 Å². The maximum absolute atomic E-state index is 4.79. The van der Waals surface area contributed by atoms with E-state index in [4.69, 9.17) is 4.98 Å². The maximum atomic E-state index is 4.79. The normalized spacial score (nSPS) is 30.8. The summed E-state index contributed by atoms with van der Waals surface area (Å²) in [7, 11) is 0. The van der Waals surface area contributed by atoms with Crippen molar-refractivity contribution in [3.63, 3.8) is 0 Å². The average molecular weight is 308 g/mol. The van der Waals surface area contributed by atoms with Crippen molar-refractivity contribution in [3.05, 3.63) is 16.5 Å². The average Bonchev–Trinajstić information content (AvgIpc) is 2.97. The standard InChI is InChI=1S/C14H18BrN3/c15-12-6-13(17-14(16-12)9-4-5-9)18-7-10-2-1-3-11(10)8-18/h6,9-11H,1-5,7-8H2. The fourth-order valence-electron chi connectivity index (χ4n) is 3.53. The monoisotopic (exact) mass is 307 g/mol. The van der Waals surface area contributed by atoms with Crippen molar-refractivity contribution in [3.8, 4) is 0 Å². The Bertz CT molecular complexity index is 460. The van der Waals surface area contributed by atoms with Gasteiger partial charge in [-0.1, -0.05) is 6.42 Å². The number of rotatable bonds is 2. The van der Waals surface area contributed by atoms with Crippen LogP contribution in [0.15, 0.2) is 10.7 Å². The van der Waals surface area contributed by atoms with Crippen LogP contribution in [0.3, 0.4) is 0 Å². The molecular weight excluding hydrogens is 290 g/mol. The maximum Gasteiger partial charge on any atom is 0.135 e. The van der Waals surface area contributed by atoms with Crippen LogP contribution < -0.4 is 4.90 Å². The minimum Gasteiger partial charge on any atom is -0.356 e. The van der Waals surface area contributed by atoms with Crippen LogP contribution in [0.25, 0.3) is 0 Å². The first-order valence-electron chi connectivity index (χ1n) is 7.09. The molecule has 2 aliphatic carbocycles.